The molecule has 0 aliphatic carbocycles. The van der Waals surface area contributed by atoms with Gasteiger partial charge in [-0.2, -0.15) is 15.3 Å². The lowest BCUT2D eigenvalue weighted by Crippen LogP contribution is -2.29. The Morgan fingerprint density at radius 3 is 2.75 bits per heavy atom. The Balaban J connectivity index is 2.33. The zero-order valence-corrected chi connectivity index (χ0v) is 6.38. The van der Waals surface area contributed by atoms with Crippen molar-refractivity contribution in [3.05, 3.63) is 6.20 Å². The van der Waals surface area contributed by atoms with Crippen molar-refractivity contribution >= 4 is 11.5 Å². The van der Waals surface area contributed by atoms with Crippen molar-refractivity contribution in [1.29, 1.82) is 0 Å². The van der Waals surface area contributed by atoms with Crippen LogP contribution in [-0.4, -0.2) is 23.0 Å². The minimum Gasteiger partial charge on any atom is -0.394 e. The molecule has 0 atom stereocenters. The molecule has 64 valence electrons. The molecule has 1 aliphatic rings. The first kappa shape index (κ1) is 6.89. The van der Waals surface area contributed by atoms with E-state index >= 15 is 0 Å². The molecule has 2 heterocycles. The largest absolute Gasteiger partial charge is 0.394 e. The molecule has 1 aromatic rings. The van der Waals surface area contributed by atoms with Gasteiger partial charge in [-0.3, -0.25) is 0 Å². The number of nitrogens with zero attached hydrogens (tertiary/aromatic N) is 5. The van der Waals surface area contributed by atoms with Crippen LogP contribution >= 0.6 is 0 Å². The van der Waals surface area contributed by atoms with Gasteiger partial charge in [0.2, 0.25) is 0 Å². The molecule has 2 rings (SSSR count). The van der Waals surface area contributed by atoms with E-state index in [9.17, 15) is 0 Å². The quantitative estimate of drug-likeness (QED) is 0.581. The Kier molecular flexibility index (Phi) is 1.36. The fraction of sp³-hybridized carbons (Fsp3) is 0.400. The highest BCUT2D eigenvalue weighted by atomic mass is 15.8. The molecule has 0 saturated carbocycles. The maximum absolute atomic E-state index is 5.61. The first-order valence-electron chi connectivity index (χ1n) is 3.53. The summed E-state index contributed by atoms with van der Waals surface area (Å²) < 4.78 is 0. The Morgan fingerprint density at radius 1 is 1.42 bits per heavy atom. The number of nitrogens with two attached hydrogens (primary N) is 2. The van der Waals surface area contributed by atoms with Crippen LogP contribution in [0.25, 0.3) is 0 Å². The lowest BCUT2D eigenvalue weighted by molar-refractivity contribution is 0.584. The average Bonchev–Trinajstić information content (AvgIpc) is 2.64. The second-order valence-electron chi connectivity index (χ2n) is 2.42. The third-order valence-electron chi connectivity index (χ3n) is 1.60. The Bertz CT molecular complexity index is 314. The van der Waals surface area contributed by atoms with E-state index in [-0.39, 0.29) is 0 Å². The second kappa shape index (κ2) is 2.36. The zero-order valence-electron chi connectivity index (χ0n) is 6.38. The van der Waals surface area contributed by atoms with Crippen molar-refractivity contribution < 1.29 is 0 Å². The Morgan fingerprint density at radius 2 is 2.25 bits per heavy atom. The van der Waals surface area contributed by atoms with Gasteiger partial charge in [0, 0.05) is 0 Å². The van der Waals surface area contributed by atoms with Crippen molar-refractivity contribution in [2.75, 3.05) is 29.7 Å². The first-order valence-corrected chi connectivity index (χ1v) is 3.53. The van der Waals surface area contributed by atoms with Crippen molar-refractivity contribution in [1.82, 2.24) is 9.89 Å². The molecule has 0 aromatic carbocycles. The van der Waals surface area contributed by atoms with Gasteiger partial charge < -0.3 is 11.5 Å². The van der Waals surface area contributed by atoms with E-state index in [1.54, 1.807) is 5.12 Å². The van der Waals surface area contributed by atoms with Crippen LogP contribution in [-0.2, 0) is 0 Å². The van der Waals surface area contributed by atoms with Gasteiger partial charge in [0.05, 0.1) is 25.0 Å². The molecular formula is C5H9N7. The molecule has 0 saturated heterocycles. The molecule has 0 spiro atoms. The maximum Gasteiger partial charge on any atom is 0.170 e. The minimum absolute atomic E-state index is 0.399. The molecule has 7 nitrogen and oxygen atoms in total. The molecule has 4 N–H and O–H groups in total. The summed E-state index contributed by atoms with van der Waals surface area (Å²) in [4.78, 5) is 1.44. The van der Waals surface area contributed by atoms with Gasteiger partial charge in [-0.1, -0.05) is 5.22 Å². The van der Waals surface area contributed by atoms with Crippen molar-refractivity contribution in [3.8, 4) is 0 Å². The van der Waals surface area contributed by atoms with E-state index in [4.69, 9.17) is 11.5 Å². The average molecular weight is 167 g/mol. The van der Waals surface area contributed by atoms with E-state index in [0.717, 1.165) is 0 Å². The van der Waals surface area contributed by atoms with Crippen molar-refractivity contribution in [2.24, 2.45) is 10.3 Å². The summed E-state index contributed by atoms with van der Waals surface area (Å²) in [5.74, 6) is 0.399. The summed E-state index contributed by atoms with van der Waals surface area (Å²) in [5.41, 5.74) is 11.6. The van der Waals surface area contributed by atoms with Crippen LogP contribution in [0, 0.1) is 0 Å². The summed E-state index contributed by atoms with van der Waals surface area (Å²) >= 11 is 0. The highest BCUT2D eigenvalue weighted by Gasteiger charge is 2.13. The molecule has 1 aliphatic heterocycles. The Hall–Kier alpha value is -1.79. The van der Waals surface area contributed by atoms with Crippen LogP contribution in [0.4, 0.5) is 11.5 Å². The molecule has 0 fully saturated rings. The standard InChI is InChI=1S/C5H9N7/c6-4-3-9-12(5(4)7)11-2-1-8-10-11/h3H,1-2,6-7H2. The van der Waals surface area contributed by atoms with Gasteiger partial charge in [0.25, 0.3) is 0 Å². The van der Waals surface area contributed by atoms with Gasteiger partial charge in [-0.05, 0) is 0 Å². The van der Waals surface area contributed by atoms with E-state index in [1.165, 1.54) is 11.0 Å². The molecule has 0 bridgehead atoms. The summed E-state index contributed by atoms with van der Waals surface area (Å²) in [6.45, 7) is 1.35. The van der Waals surface area contributed by atoms with Crippen LogP contribution in [0.2, 0.25) is 0 Å². The van der Waals surface area contributed by atoms with Gasteiger partial charge >= 0.3 is 0 Å². The van der Waals surface area contributed by atoms with Crippen LogP contribution < -0.4 is 16.6 Å². The zero-order chi connectivity index (χ0) is 8.55. The number of anilines is 2. The number of rotatable bonds is 1. The van der Waals surface area contributed by atoms with Gasteiger partial charge in [0.15, 0.2) is 5.82 Å². The number of hydrogen-bond donors (Lipinski definition) is 2. The topological polar surface area (TPSA) is 97.8 Å². The summed E-state index contributed by atoms with van der Waals surface area (Å²) in [7, 11) is 0. The van der Waals surface area contributed by atoms with Crippen LogP contribution in [0.5, 0.6) is 0 Å². The highest BCUT2D eigenvalue weighted by molar-refractivity contribution is 5.57. The number of nitrogen functional groups attached to an aromatic ring is 2. The summed E-state index contributed by atoms with van der Waals surface area (Å²) in [5, 5.41) is 13.1. The molecule has 1 aromatic heterocycles. The van der Waals surface area contributed by atoms with E-state index in [0.29, 0.717) is 24.6 Å². The fourth-order valence-electron chi connectivity index (χ4n) is 0.974. The normalized spacial score (nSPS) is 15.8. The lowest BCUT2D eigenvalue weighted by atomic mass is 10.5. The third-order valence-corrected chi connectivity index (χ3v) is 1.60. The van der Waals surface area contributed by atoms with E-state index in [2.05, 4.69) is 15.4 Å². The smallest absolute Gasteiger partial charge is 0.170 e. The molecule has 0 radical (unpaired) electrons. The monoisotopic (exact) mass is 167 g/mol. The number of aromatic nitrogens is 2. The van der Waals surface area contributed by atoms with E-state index in [1.807, 2.05) is 0 Å². The van der Waals surface area contributed by atoms with Crippen LogP contribution in [0.15, 0.2) is 16.5 Å². The molecule has 0 amide bonds. The maximum atomic E-state index is 5.61. The van der Waals surface area contributed by atoms with Crippen LogP contribution in [0.3, 0.4) is 0 Å². The summed E-state index contributed by atoms with van der Waals surface area (Å²) in [6.07, 6.45) is 1.49. The second-order valence-corrected chi connectivity index (χ2v) is 2.42. The van der Waals surface area contributed by atoms with Gasteiger partial charge in [0.1, 0.15) is 0 Å². The van der Waals surface area contributed by atoms with Crippen molar-refractivity contribution in [2.45, 2.75) is 0 Å². The van der Waals surface area contributed by atoms with Gasteiger partial charge in [-0.15, -0.1) is 4.79 Å². The van der Waals surface area contributed by atoms with Crippen molar-refractivity contribution in [3.63, 3.8) is 0 Å². The van der Waals surface area contributed by atoms with Gasteiger partial charge in [-0.25, -0.2) is 0 Å². The highest BCUT2D eigenvalue weighted by Crippen LogP contribution is 2.14. The Labute approximate surface area is 68.6 Å². The molecule has 7 heteroatoms. The number of hydrogen-bond acceptors (Lipinski definition) is 6. The SMILES string of the molecule is Nc1cnn(N2CCN=N2)c1N. The first-order chi connectivity index (χ1) is 5.79. The molecular weight excluding hydrogens is 158 g/mol. The van der Waals surface area contributed by atoms with Crippen LogP contribution in [0.1, 0.15) is 0 Å². The predicted octanol–water partition coefficient (Wildman–Crippen LogP) is -0.634. The van der Waals surface area contributed by atoms with E-state index < -0.39 is 0 Å². The third kappa shape index (κ3) is 0.865. The lowest BCUT2D eigenvalue weighted by Gasteiger charge is -2.12. The summed E-state index contributed by atoms with van der Waals surface area (Å²) in [6, 6.07) is 0. The molecule has 0 unspecified atom stereocenters. The predicted molar refractivity (Wildman–Crippen MR) is 43.9 cm³/mol. The molecule has 12 heavy (non-hydrogen) atoms. The fourth-order valence-corrected chi connectivity index (χ4v) is 0.974. The minimum atomic E-state index is 0.399.